The van der Waals surface area contributed by atoms with E-state index in [2.05, 4.69) is 37.9 Å². The van der Waals surface area contributed by atoms with Crippen LogP contribution in [0.1, 0.15) is 32.0 Å². The predicted molar refractivity (Wildman–Crippen MR) is 88.0 cm³/mol. The Labute approximate surface area is 137 Å². The van der Waals surface area contributed by atoms with Gasteiger partial charge in [-0.1, -0.05) is 32.9 Å². The van der Waals surface area contributed by atoms with Gasteiger partial charge in [-0.05, 0) is 23.1 Å². The number of imidazole rings is 1. The fourth-order valence-electron chi connectivity index (χ4n) is 2.63. The van der Waals surface area contributed by atoms with Gasteiger partial charge in [0.25, 0.3) is 6.01 Å². The smallest absolute Gasteiger partial charge is 0.297 e. The molecule has 23 heavy (non-hydrogen) atoms. The Kier molecular flexibility index (Phi) is 4.31. The zero-order valence-corrected chi connectivity index (χ0v) is 14.2. The summed E-state index contributed by atoms with van der Waals surface area (Å²) in [5.41, 5.74) is 2.34. The van der Waals surface area contributed by atoms with Gasteiger partial charge in [-0.2, -0.15) is 4.98 Å². The summed E-state index contributed by atoms with van der Waals surface area (Å²) in [7, 11) is 1.66. The molecule has 0 radical (unpaired) electrons. The maximum absolute atomic E-state index is 5.85. The summed E-state index contributed by atoms with van der Waals surface area (Å²) in [6.07, 6.45) is 1.97. The van der Waals surface area contributed by atoms with Crippen LogP contribution in [0.4, 0.5) is 0 Å². The van der Waals surface area contributed by atoms with Gasteiger partial charge >= 0.3 is 0 Å². The zero-order chi connectivity index (χ0) is 16.4. The van der Waals surface area contributed by atoms with Gasteiger partial charge < -0.3 is 14.2 Å². The molecule has 0 saturated heterocycles. The fraction of sp³-hybridized carbons (Fsp3) is 0.500. The number of ether oxygens (including phenoxy) is 3. The molecule has 0 saturated carbocycles. The Morgan fingerprint density at radius 3 is 2.61 bits per heavy atom. The van der Waals surface area contributed by atoms with Crippen LogP contribution in [0, 0.1) is 0 Å². The van der Waals surface area contributed by atoms with Crippen molar-refractivity contribution in [3.63, 3.8) is 0 Å². The van der Waals surface area contributed by atoms with E-state index < -0.39 is 0 Å². The molecule has 1 aromatic heterocycles. The Morgan fingerprint density at radius 2 is 2.00 bits per heavy atom. The first-order chi connectivity index (χ1) is 11.0. The van der Waals surface area contributed by atoms with Gasteiger partial charge in [0.2, 0.25) is 0 Å². The van der Waals surface area contributed by atoms with E-state index in [4.69, 9.17) is 14.2 Å². The average molecular weight is 316 g/mol. The second kappa shape index (κ2) is 6.24. The summed E-state index contributed by atoms with van der Waals surface area (Å²) >= 11 is 0. The molecule has 1 aliphatic heterocycles. The first-order valence-electron chi connectivity index (χ1n) is 7.90. The van der Waals surface area contributed by atoms with Gasteiger partial charge in [-0.15, -0.1) is 0 Å². The van der Waals surface area contributed by atoms with E-state index in [0.29, 0.717) is 19.2 Å². The molecule has 1 aliphatic rings. The van der Waals surface area contributed by atoms with E-state index in [-0.39, 0.29) is 11.5 Å². The second-order valence-corrected chi connectivity index (χ2v) is 6.93. The number of methoxy groups -OCH3 is 1. The highest BCUT2D eigenvalue weighted by molar-refractivity contribution is 5.31. The molecule has 2 heterocycles. The highest BCUT2D eigenvalue weighted by Crippen LogP contribution is 2.25. The molecular weight excluding hydrogens is 292 g/mol. The van der Waals surface area contributed by atoms with Gasteiger partial charge in [0, 0.05) is 13.3 Å². The van der Waals surface area contributed by atoms with Gasteiger partial charge in [-0.25, -0.2) is 0 Å². The third-order valence-corrected chi connectivity index (χ3v) is 3.91. The van der Waals surface area contributed by atoms with Crippen molar-refractivity contribution in [2.75, 3.05) is 13.7 Å². The number of aromatic nitrogens is 2. The largest absolute Gasteiger partial charge is 0.490 e. The van der Waals surface area contributed by atoms with Gasteiger partial charge in [0.1, 0.15) is 12.4 Å². The summed E-state index contributed by atoms with van der Waals surface area (Å²) < 4.78 is 18.7. The Hall–Kier alpha value is -2.01. The summed E-state index contributed by atoms with van der Waals surface area (Å²) in [5.74, 6) is 0.867. The molecule has 0 bridgehead atoms. The topological polar surface area (TPSA) is 45.5 Å². The van der Waals surface area contributed by atoms with Crippen molar-refractivity contribution >= 4 is 0 Å². The number of nitrogens with zero attached hydrogens (tertiary/aromatic N) is 2. The van der Waals surface area contributed by atoms with Crippen LogP contribution in [0.5, 0.6) is 11.8 Å². The summed E-state index contributed by atoms with van der Waals surface area (Å²) in [5, 5.41) is 0. The maximum atomic E-state index is 5.85. The molecular formula is C18H24N2O3. The lowest BCUT2D eigenvalue weighted by Crippen LogP contribution is -2.23. The van der Waals surface area contributed by atoms with Crippen LogP contribution < -0.4 is 9.47 Å². The molecule has 0 N–H and O–H groups in total. The summed E-state index contributed by atoms with van der Waals surface area (Å²) in [6, 6.07) is 8.92. The van der Waals surface area contributed by atoms with E-state index in [1.807, 2.05) is 22.9 Å². The molecule has 5 nitrogen and oxygen atoms in total. The van der Waals surface area contributed by atoms with Crippen LogP contribution in [-0.2, 0) is 23.3 Å². The van der Waals surface area contributed by atoms with Crippen molar-refractivity contribution < 1.29 is 14.2 Å². The monoisotopic (exact) mass is 316 g/mol. The molecule has 2 aromatic rings. The fourth-order valence-corrected chi connectivity index (χ4v) is 2.63. The number of benzene rings is 1. The number of rotatable bonds is 5. The Morgan fingerprint density at radius 1 is 1.26 bits per heavy atom. The normalized spacial score (nSPS) is 17.0. The molecule has 3 rings (SSSR count). The first kappa shape index (κ1) is 15.9. The van der Waals surface area contributed by atoms with Gasteiger partial charge in [0.05, 0.1) is 18.8 Å². The van der Waals surface area contributed by atoms with Crippen molar-refractivity contribution in [3.05, 3.63) is 41.7 Å². The Bertz CT molecular complexity index is 632. The van der Waals surface area contributed by atoms with E-state index in [1.54, 1.807) is 7.11 Å². The second-order valence-electron chi connectivity index (χ2n) is 6.93. The number of fused-ring (bicyclic) bond motifs is 1. The van der Waals surface area contributed by atoms with Crippen LogP contribution in [0.25, 0.3) is 0 Å². The number of hydrogen-bond acceptors (Lipinski definition) is 4. The standard InChI is InChI=1S/C18H24N2O3/c1-18(2,3)13-5-7-15(8-6-13)22-12-16-10-20-9-14(11-21-4)19-17(20)23-16/h5-9,16H,10-12H2,1-4H3/t16-/m0/s1. The minimum atomic E-state index is -0.00334. The first-order valence-corrected chi connectivity index (χ1v) is 7.90. The van der Waals surface area contributed by atoms with Crippen LogP contribution >= 0.6 is 0 Å². The molecule has 0 amide bonds. The molecule has 1 atom stereocenters. The SMILES string of the molecule is COCc1cn2c(n1)O[C@H](COc1ccc(C(C)(C)C)cc1)C2. The molecule has 0 fully saturated rings. The third kappa shape index (κ3) is 3.67. The van der Waals surface area contributed by atoms with Crippen LogP contribution in [-0.4, -0.2) is 29.4 Å². The average Bonchev–Trinajstić information content (AvgIpc) is 3.03. The van der Waals surface area contributed by atoms with Crippen molar-refractivity contribution in [1.29, 1.82) is 0 Å². The van der Waals surface area contributed by atoms with Crippen molar-refractivity contribution in [3.8, 4) is 11.8 Å². The third-order valence-electron chi connectivity index (χ3n) is 3.91. The lowest BCUT2D eigenvalue weighted by molar-refractivity contribution is 0.141. The number of hydrogen-bond donors (Lipinski definition) is 0. The van der Waals surface area contributed by atoms with Crippen molar-refractivity contribution in [1.82, 2.24) is 9.55 Å². The quantitative estimate of drug-likeness (QED) is 0.850. The lowest BCUT2D eigenvalue weighted by Gasteiger charge is -2.19. The molecule has 0 unspecified atom stereocenters. The predicted octanol–water partition coefficient (Wildman–Crippen LogP) is 3.17. The van der Waals surface area contributed by atoms with E-state index in [1.165, 1.54) is 5.56 Å². The molecule has 124 valence electrons. The molecule has 0 spiro atoms. The van der Waals surface area contributed by atoms with Gasteiger partial charge in [-0.3, -0.25) is 4.57 Å². The van der Waals surface area contributed by atoms with Crippen LogP contribution in [0.2, 0.25) is 0 Å². The van der Waals surface area contributed by atoms with E-state index >= 15 is 0 Å². The van der Waals surface area contributed by atoms with Crippen molar-refractivity contribution in [2.24, 2.45) is 0 Å². The highest BCUT2D eigenvalue weighted by Gasteiger charge is 2.25. The summed E-state index contributed by atoms with van der Waals surface area (Å²) in [6.45, 7) is 8.38. The van der Waals surface area contributed by atoms with Crippen LogP contribution in [0.15, 0.2) is 30.5 Å². The minimum Gasteiger partial charge on any atom is -0.490 e. The minimum absolute atomic E-state index is 0.00334. The van der Waals surface area contributed by atoms with E-state index in [0.717, 1.165) is 18.0 Å². The van der Waals surface area contributed by atoms with Crippen molar-refractivity contribution in [2.45, 2.75) is 45.4 Å². The molecule has 1 aromatic carbocycles. The zero-order valence-electron chi connectivity index (χ0n) is 14.2. The van der Waals surface area contributed by atoms with Gasteiger partial charge in [0.15, 0.2) is 6.10 Å². The van der Waals surface area contributed by atoms with Crippen LogP contribution in [0.3, 0.4) is 0 Å². The highest BCUT2D eigenvalue weighted by atomic mass is 16.6. The molecule has 5 heteroatoms. The Balaban J connectivity index is 1.53. The molecule has 0 aliphatic carbocycles. The lowest BCUT2D eigenvalue weighted by atomic mass is 9.87. The van der Waals surface area contributed by atoms with E-state index in [9.17, 15) is 0 Å². The summed E-state index contributed by atoms with van der Waals surface area (Å²) in [4.78, 5) is 4.38. The maximum Gasteiger partial charge on any atom is 0.297 e.